The highest BCUT2D eigenvalue weighted by molar-refractivity contribution is 5.92. The van der Waals surface area contributed by atoms with Crippen molar-refractivity contribution >= 4 is 16.9 Å². The van der Waals surface area contributed by atoms with Crippen LogP contribution in [0.4, 0.5) is 0 Å². The number of fused-ring (bicyclic) bond motifs is 3. The first-order valence-corrected chi connectivity index (χ1v) is 5.62. The predicted octanol–water partition coefficient (Wildman–Crippen LogP) is 2.29. The van der Waals surface area contributed by atoms with E-state index in [1.807, 2.05) is 18.2 Å². The van der Waals surface area contributed by atoms with E-state index in [0.29, 0.717) is 6.42 Å². The number of aromatic nitrogens is 1. The lowest BCUT2D eigenvalue weighted by Crippen LogP contribution is -2.07. The Balaban J connectivity index is 2.24. The fourth-order valence-electron chi connectivity index (χ4n) is 2.65. The van der Waals surface area contributed by atoms with Gasteiger partial charge in [0.2, 0.25) is 0 Å². The molecule has 2 aromatic rings. The van der Waals surface area contributed by atoms with Crippen LogP contribution in [0.3, 0.4) is 0 Å². The maximum Gasteiger partial charge on any atom is 0.311 e. The Hall–Kier alpha value is -1.97. The fraction of sp³-hybridized carbons (Fsp3) is 0.308. The van der Waals surface area contributed by atoms with Crippen molar-refractivity contribution in [1.29, 1.82) is 0 Å². The zero-order chi connectivity index (χ0) is 12.0. The van der Waals surface area contributed by atoms with Crippen LogP contribution in [0.1, 0.15) is 23.6 Å². The Morgan fingerprint density at radius 2 is 2.35 bits per heavy atom. The normalized spacial score (nSPS) is 18.3. The predicted molar refractivity (Wildman–Crippen MR) is 63.5 cm³/mol. The topological polar surface area (TPSA) is 62.3 Å². The van der Waals surface area contributed by atoms with Gasteiger partial charge in [0.1, 0.15) is 5.75 Å². The monoisotopic (exact) mass is 231 g/mol. The number of hydrogen-bond acceptors (Lipinski definition) is 2. The van der Waals surface area contributed by atoms with Crippen molar-refractivity contribution in [2.45, 2.75) is 18.8 Å². The van der Waals surface area contributed by atoms with Crippen LogP contribution in [0.25, 0.3) is 10.9 Å². The van der Waals surface area contributed by atoms with E-state index in [1.165, 1.54) is 0 Å². The molecule has 0 saturated heterocycles. The number of benzene rings is 1. The summed E-state index contributed by atoms with van der Waals surface area (Å²) in [6.45, 7) is 0. The van der Waals surface area contributed by atoms with Crippen molar-refractivity contribution in [1.82, 2.24) is 4.98 Å². The van der Waals surface area contributed by atoms with Crippen molar-refractivity contribution in [2.75, 3.05) is 7.11 Å². The number of carboxylic acids is 1. The molecule has 0 fully saturated rings. The van der Waals surface area contributed by atoms with Crippen LogP contribution in [-0.4, -0.2) is 23.2 Å². The number of methoxy groups -OCH3 is 1. The molecule has 1 aromatic heterocycles. The number of aliphatic carboxylic acids is 1. The average molecular weight is 231 g/mol. The summed E-state index contributed by atoms with van der Waals surface area (Å²) < 4.78 is 5.19. The Kier molecular flexibility index (Phi) is 2.11. The first-order valence-electron chi connectivity index (χ1n) is 5.62. The summed E-state index contributed by atoms with van der Waals surface area (Å²) in [5, 5.41) is 10.2. The smallest absolute Gasteiger partial charge is 0.311 e. The number of hydrogen-bond donors (Lipinski definition) is 2. The Bertz CT molecular complexity index is 600. The summed E-state index contributed by atoms with van der Waals surface area (Å²) in [6.07, 6.45) is 1.49. The molecule has 17 heavy (non-hydrogen) atoms. The largest absolute Gasteiger partial charge is 0.497 e. The van der Waals surface area contributed by atoms with E-state index >= 15 is 0 Å². The van der Waals surface area contributed by atoms with Crippen LogP contribution in [0.2, 0.25) is 0 Å². The average Bonchev–Trinajstić information content (AvgIpc) is 2.86. The molecular weight excluding hydrogens is 218 g/mol. The number of carbonyl (C=O) groups is 1. The van der Waals surface area contributed by atoms with Gasteiger partial charge in [-0.05, 0) is 36.6 Å². The Morgan fingerprint density at radius 1 is 1.53 bits per heavy atom. The molecule has 0 aliphatic heterocycles. The van der Waals surface area contributed by atoms with Crippen LogP contribution in [0, 0.1) is 0 Å². The first-order chi connectivity index (χ1) is 8.20. The molecular formula is C13H13NO3. The van der Waals surface area contributed by atoms with Crippen molar-refractivity contribution in [3.8, 4) is 5.75 Å². The van der Waals surface area contributed by atoms with Crippen molar-refractivity contribution in [2.24, 2.45) is 0 Å². The number of H-pyrrole nitrogens is 1. The van der Waals surface area contributed by atoms with E-state index in [9.17, 15) is 9.90 Å². The molecule has 1 aliphatic carbocycles. The van der Waals surface area contributed by atoms with E-state index in [0.717, 1.165) is 34.3 Å². The molecule has 1 aliphatic rings. The van der Waals surface area contributed by atoms with E-state index < -0.39 is 5.97 Å². The molecule has 4 nitrogen and oxygen atoms in total. The second-order valence-electron chi connectivity index (χ2n) is 4.36. The molecule has 0 saturated carbocycles. The minimum absolute atomic E-state index is 0.383. The van der Waals surface area contributed by atoms with E-state index in [1.54, 1.807) is 7.11 Å². The number of aryl methyl sites for hydroxylation is 1. The molecule has 0 amide bonds. The minimum Gasteiger partial charge on any atom is -0.497 e. The highest BCUT2D eigenvalue weighted by Crippen LogP contribution is 2.39. The lowest BCUT2D eigenvalue weighted by Gasteiger charge is -2.05. The zero-order valence-electron chi connectivity index (χ0n) is 9.49. The maximum absolute atomic E-state index is 11.2. The van der Waals surface area contributed by atoms with Crippen LogP contribution in [0.5, 0.6) is 5.75 Å². The van der Waals surface area contributed by atoms with Gasteiger partial charge in [0.25, 0.3) is 0 Å². The van der Waals surface area contributed by atoms with Crippen LogP contribution in [-0.2, 0) is 11.2 Å². The molecule has 4 heteroatoms. The summed E-state index contributed by atoms with van der Waals surface area (Å²) in [5.74, 6) is -0.367. The van der Waals surface area contributed by atoms with Crippen LogP contribution >= 0.6 is 0 Å². The molecule has 0 radical (unpaired) electrons. The van der Waals surface area contributed by atoms with Gasteiger partial charge in [-0.15, -0.1) is 0 Å². The van der Waals surface area contributed by atoms with Gasteiger partial charge in [-0.2, -0.15) is 0 Å². The number of aromatic amines is 1. The van der Waals surface area contributed by atoms with E-state index in [4.69, 9.17) is 4.74 Å². The summed E-state index contributed by atoms with van der Waals surface area (Å²) in [5.41, 5.74) is 2.98. The van der Waals surface area contributed by atoms with Gasteiger partial charge in [-0.1, -0.05) is 0 Å². The lowest BCUT2D eigenvalue weighted by molar-refractivity contribution is -0.138. The third-order valence-electron chi connectivity index (χ3n) is 3.46. The fourth-order valence-corrected chi connectivity index (χ4v) is 2.65. The molecule has 1 unspecified atom stereocenters. The Morgan fingerprint density at radius 3 is 3.06 bits per heavy atom. The maximum atomic E-state index is 11.2. The van der Waals surface area contributed by atoms with Crippen LogP contribution in [0.15, 0.2) is 18.2 Å². The van der Waals surface area contributed by atoms with Gasteiger partial charge in [-0.3, -0.25) is 4.79 Å². The molecule has 2 N–H and O–H groups in total. The SMILES string of the molecule is COc1ccc2[nH]c3c(c2c1)C(C(=O)O)CC3. The zero-order valence-corrected chi connectivity index (χ0v) is 9.49. The molecule has 0 bridgehead atoms. The molecule has 1 heterocycles. The molecule has 1 atom stereocenters. The van der Waals surface area contributed by atoms with Gasteiger partial charge in [0.05, 0.1) is 13.0 Å². The molecule has 1 aromatic carbocycles. The number of rotatable bonds is 2. The summed E-state index contributed by atoms with van der Waals surface area (Å²) in [7, 11) is 1.61. The van der Waals surface area contributed by atoms with Crippen molar-refractivity contribution < 1.29 is 14.6 Å². The standard InChI is InChI=1S/C13H13NO3/c1-17-7-2-4-10-9(6-7)12-8(13(15)16)3-5-11(12)14-10/h2,4,6,8,14H,3,5H2,1H3,(H,15,16). The summed E-state index contributed by atoms with van der Waals surface area (Å²) in [4.78, 5) is 14.5. The second kappa shape index (κ2) is 3.52. The van der Waals surface area contributed by atoms with Crippen molar-refractivity contribution in [3.63, 3.8) is 0 Å². The summed E-state index contributed by atoms with van der Waals surface area (Å²) >= 11 is 0. The van der Waals surface area contributed by atoms with Gasteiger partial charge < -0.3 is 14.8 Å². The molecule has 0 spiro atoms. The second-order valence-corrected chi connectivity index (χ2v) is 4.36. The van der Waals surface area contributed by atoms with Gasteiger partial charge in [0, 0.05) is 16.6 Å². The number of ether oxygens (including phenoxy) is 1. The number of carboxylic acid groups (broad SMARTS) is 1. The third kappa shape index (κ3) is 1.40. The van der Waals surface area contributed by atoms with Crippen LogP contribution < -0.4 is 4.74 Å². The van der Waals surface area contributed by atoms with Gasteiger partial charge >= 0.3 is 5.97 Å². The highest BCUT2D eigenvalue weighted by Gasteiger charge is 2.31. The lowest BCUT2D eigenvalue weighted by atomic mass is 10.0. The van der Waals surface area contributed by atoms with Gasteiger partial charge in [-0.25, -0.2) is 0 Å². The quantitative estimate of drug-likeness (QED) is 0.833. The van der Waals surface area contributed by atoms with E-state index in [-0.39, 0.29) is 5.92 Å². The molecule has 88 valence electrons. The van der Waals surface area contributed by atoms with Crippen molar-refractivity contribution in [3.05, 3.63) is 29.5 Å². The van der Waals surface area contributed by atoms with E-state index in [2.05, 4.69) is 4.98 Å². The highest BCUT2D eigenvalue weighted by atomic mass is 16.5. The minimum atomic E-state index is -0.743. The van der Waals surface area contributed by atoms with Gasteiger partial charge in [0.15, 0.2) is 0 Å². The number of nitrogens with one attached hydrogen (secondary N) is 1. The summed E-state index contributed by atoms with van der Waals surface area (Å²) in [6, 6.07) is 5.72. The first kappa shape index (κ1) is 10.2. The molecule has 3 rings (SSSR count). The Labute approximate surface area is 98.2 Å². The third-order valence-corrected chi connectivity index (χ3v) is 3.46.